The van der Waals surface area contributed by atoms with Gasteiger partial charge >= 0.3 is 5.97 Å². The molecule has 0 bridgehead atoms. The van der Waals surface area contributed by atoms with Crippen LogP contribution >= 0.6 is 11.6 Å². The van der Waals surface area contributed by atoms with Crippen LogP contribution in [0.4, 0.5) is 4.39 Å². The summed E-state index contributed by atoms with van der Waals surface area (Å²) < 4.78 is 19.8. The predicted molar refractivity (Wildman–Crippen MR) is 103 cm³/mol. The second-order valence-electron chi connectivity index (χ2n) is 7.42. The van der Waals surface area contributed by atoms with Crippen molar-refractivity contribution in [3.8, 4) is 5.75 Å². The zero-order chi connectivity index (χ0) is 20.5. The van der Waals surface area contributed by atoms with Crippen molar-refractivity contribution in [2.24, 2.45) is 0 Å². The summed E-state index contributed by atoms with van der Waals surface area (Å²) >= 11 is 5.74. The fourth-order valence-corrected chi connectivity index (χ4v) is 3.58. The minimum atomic E-state index is -1.05. The van der Waals surface area contributed by atoms with Crippen molar-refractivity contribution in [3.05, 3.63) is 63.9 Å². The van der Waals surface area contributed by atoms with Crippen molar-refractivity contribution in [3.63, 3.8) is 0 Å². The number of aliphatic carboxylic acids is 1. The van der Waals surface area contributed by atoms with Gasteiger partial charge in [-0.15, -0.1) is 0 Å². The number of carbonyl (C=O) groups is 2. The third-order valence-corrected chi connectivity index (χ3v) is 5.07. The van der Waals surface area contributed by atoms with Crippen LogP contribution in [0.15, 0.2) is 36.4 Å². The molecule has 0 aliphatic carbocycles. The van der Waals surface area contributed by atoms with Gasteiger partial charge in [0.05, 0.1) is 11.4 Å². The Kier molecular flexibility index (Phi) is 5.61. The predicted octanol–water partition coefficient (Wildman–Crippen LogP) is 3.50. The van der Waals surface area contributed by atoms with E-state index in [-0.39, 0.29) is 23.9 Å². The molecule has 2 aromatic rings. The van der Waals surface area contributed by atoms with Gasteiger partial charge in [0, 0.05) is 19.9 Å². The monoisotopic (exact) mass is 405 g/mol. The molecule has 0 radical (unpaired) electrons. The second-order valence-corrected chi connectivity index (χ2v) is 7.82. The van der Waals surface area contributed by atoms with Crippen LogP contribution in [0.3, 0.4) is 0 Å². The van der Waals surface area contributed by atoms with Crippen LogP contribution < -0.4 is 4.74 Å². The Bertz CT molecular complexity index is 933. The van der Waals surface area contributed by atoms with Gasteiger partial charge in [-0.05, 0) is 41.8 Å². The summed E-state index contributed by atoms with van der Waals surface area (Å²) in [6.07, 6.45) is 1.27. The summed E-state index contributed by atoms with van der Waals surface area (Å²) in [4.78, 5) is 24.1. The van der Waals surface area contributed by atoms with Gasteiger partial charge in [0.1, 0.15) is 23.7 Å². The van der Waals surface area contributed by atoms with E-state index in [1.807, 2.05) is 19.1 Å². The van der Waals surface area contributed by atoms with Crippen LogP contribution in [0.5, 0.6) is 5.75 Å². The molecule has 0 spiro atoms. The molecule has 0 saturated carbocycles. The highest BCUT2D eigenvalue weighted by atomic mass is 35.5. The van der Waals surface area contributed by atoms with Crippen molar-refractivity contribution in [2.75, 3.05) is 13.6 Å². The van der Waals surface area contributed by atoms with Crippen molar-refractivity contribution in [1.29, 1.82) is 0 Å². The quantitative estimate of drug-likeness (QED) is 0.798. The van der Waals surface area contributed by atoms with E-state index >= 15 is 0 Å². The number of benzene rings is 2. The number of fused-ring (bicyclic) bond motifs is 1. The number of halogens is 2. The van der Waals surface area contributed by atoms with Gasteiger partial charge in [0.25, 0.3) is 0 Å². The number of amides is 1. The largest absolute Gasteiger partial charge is 0.487 e. The number of ether oxygens (including phenoxy) is 1. The Morgan fingerprint density at radius 1 is 1.25 bits per heavy atom. The maximum Gasteiger partial charge on any atom is 0.323 e. The topological polar surface area (TPSA) is 66.8 Å². The molecule has 0 unspecified atom stereocenters. The van der Waals surface area contributed by atoms with Gasteiger partial charge in [-0.3, -0.25) is 9.59 Å². The van der Waals surface area contributed by atoms with E-state index in [0.717, 1.165) is 22.4 Å². The molecule has 5 nitrogen and oxygen atoms in total. The van der Waals surface area contributed by atoms with Crippen molar-refractivity contribution >= 4 is 23.5 Å². The number of likely N-dealkylation sites (N-methyl/N-ethyl adjacent to an activating group) is 1. The zero-order valence-electron chi connectivity index (χ0n) is 15.7. The van der Waals surface area contributed by atoms with Gasteiger partial charge in [0.15, 0.2) is 0 Å². The SMILES string of the molecule is CN(CC(=O)O)C(=O)Cc1ccc2c(c1)C[C@@](C)(Cc1ccc(Cl)c(F)c1)O2. The lowest BCUT2D eigenvalue weighted by atomic mass is 9.91. The minimum absolute atomic E-state index is 0.0895. The number of carbonyl (C=O) groups excluding carboxylic acids is 1. The number of carboxylic acid groups (broad SMARTS) is 1. The van der Waals surface area contributed by atoms with Crippen LogP contribution in [0.2, 0.25) is 5.02 Å². The lowest BCUT2D eigenvalue weighted by molar-refractivity contribution is -0.143. The summed E-state index contributed by atoms with van der Waals surface area (Å²) in [6.45, 7) is 1.63. The van der Waals surface area contributed by atoms with Crippen LogP contribution in [0.1, 0.15) is 23.6 Å². The Hall–Kier alpha value is -2.60. The molecule has 148 valence electrons. The second kappa shape index (κ2) is 7.80. The summed E-state index contributed by atoms with van der Waals surface area (Å²) in [5, 5.41) is 8.89. The van der Waals surface area contributed by atoms with Crippen LogP contribution in [0.25, 0.3) is 0 Å². The maximum atomic E-state index is 13.7. The van der Waals surface area contributed by atoms with E-state index < -0.39 is 17.4 Å². The van der Waals surface area contributed by atoms with Gasteiger partial charge in [-0.25, -0.2) is 4.39 Å². The normalized spacial score (nSPS) is 17.7. The maximum absolute atomic E-state index is 13.7. The van der Waals surface area contributed by atoms with Gasteiger partial charge < -0.3 is 14.7 Å². The fourth-order valence-electron chi connectivity index (χ4n) is 3.47. The van der Waals surface area contributed by atoms with Crippen LogP contribution in [-0.2, 0) is 28.9 Å². The zero-order valence-corrected chi connectivity index (χ0v) is 16.4. The van der Waals surface area contributed by atoms with E-state index in [1.165, 1.54) is 24.1 Å². The van der Waals surface area contributed by atoms with Crippen LogP contribution in [-0.4, -0.2) is 41.1 Å². The summed E-state index contributed by atoms with van der Waals surface area (Å²) in [6, 6.07) is 10.3. The highest BCUT2D eigenvalue weighted by Crippen LogP contribution is 2.37. The van der Waals surface area contributed by atoms with Crippen LogP contribution in [0, 0.1) is 5.82 Å². The van der Waals surface area contributed by atoms with E-state index in [4.69, 9.17) is 21.4 Å². The molecule has 28 heavy (non-hydrogen) atoms. The van der Waals surface area contributed by atoms with Crippen molar-refractivity contribution < 1.29 is 23.8 Å². The molecule has 1 atom stereocenters. The lowest BCUT2D eigenvalue weighted by Crippen LogP contribution is -2.33. The molecule has 3 rings (SSSR count). The molecule has 1 N–H and O–H groups in total. The molecule has 0 aromatic heterocycles. The summed E-state index contributed by atoms with van der Waals surface area (Å²) in [5.41, 5.74) is 2.04. The molecular weight excluding hydrogens is 385 g/mol. The molecule has 0 saturated heterocycles. The Morgan fingerprint density at radius 2 is 1.96 bits per heavy atom. The van der Waals surface area contributed by atoms with Gasteiger partial charge in [-0.2, -0.15) is 0 Å². The Morgan fingerprint density at radius 3 is 2.64 bits per heavy atom. The highest BCUT2D eigenvalue weighted by Gasteiger charge is 2.35. The first kappa shape index (κ1) is 20.1. The Balaban J connectivity index is 1.69. The fraction of sp³-hybridized carbons (Fsp3) is 0.333. The average molecular weight is 406 g/mol. The molecule has 7 heteroatoms. The van der Waals surface area contributed by atoms with E-state index in [9.17, 15) is 14.0 Å². The van der Waals surface area contributed by atoms with E-state index in [2.05, 4.69) is 0 Å². The first-order valence-electron chi connectivity index (χ1n) is 8.86. The molecule has 1 heterocycles. The summed E-state index contributed by atoms with van der Waals surface area (Å²) in [7, 11) is 1.47. The number of nitrogens with zero attached hydrogens (tertiary/aromatic N) is 1. The smallest absolute Gasteiger partial charge is 0.323 e. The number of hydrogen-bond donors (Lipinski definition) is 1. The average Bonchev–Trinajstić information content (AvgIpc) is 2.92. The highest BCUT2D eigenvalue weighted by molar-refractivity contribution is 6.30. The first-order chi connectivity index (χ1) is 13.1. The van der Waals surface area contributed by atoms with Gasteiger partial charge in [-0.1, -0.05) is 29.8 Å². The first-order valence-corrected chi connectivity index (χ1v) is 9.23. The van der Waals surface area contributed by atoms with Crippen molar-refractivity contribution in [1.82, 2.24) is 4.90 Å². The van der Waals surface area contributed by atoms with Gasteiger partial charge in [0.2, 0.25) is 5.91 Å². The molecule has 1 aliphatic heterocycles. The lowest BCUT2D eigenvalue weighted by Gasteiger charge is -2.24. The molecule has 1 aliphatic rings. The number of hydrogen-bond acceptors (Lipinski definition) is 3. The van der Waals surface area contributed by atoms with E-state index in [0.29, 0.717) is 12.8 Å². The molecular formula is C21H21ClFNO4. The molecule has 1 amide bonds. The molecule has 2 aromatic carbocycles. The Labute approximate surface area is 167 Å². The summed E-state index contributed by atoms with van der Waals surface area (Å²) in [5.74, 6) is -1.02. The number of carboxylic acids is 1. The third-order valence-electron chi connectivity index (χ3n) is 4.76. The number of rotatable bonds is 6. The van der Waals surface area contributed by atoms with Crippen molar-refractivity contribution in [2.45, 2.75) is 31.8 Å². The minimum Gasteiger partial charge on any atom is -0.487 e. The van der Waals surface area contributed by atoms with E-state index in [1.54, 1.807) is 12.1 Å². The molecule has 0 fully saturated rings. The third kappa shape index (κ3) is 4.62. The standard InChI is InChI=1S/C21H21ClFNO4/c1-21(10-14-3-5-16(22)17(23)8-14)11-15-7-13(4-6-18(15)28-21)9-19(25)24(2)12-20(26)27/h3-8H,9-12H2,1-2H3,(H,26,27)/t21-/m1/s1.